The van der Waals surface area contributed by atoms with E-state index in [-0.39, 0.29) is 5.91 Å². The second-order valence-electron chi connectivity index (χ2n) is 11.1. The summed E-state index contributed by atoms with van der Waals surface area (Å²) in [5.41, 5.74) is 2.32. The lowest BCUT2D eigenvalue weighted by Gasteiger charge is -2.35. The fourth-order valence-electron chi connectivity index (χ4n) is 5.59. The first-order chi connectivity index (χ1) is 22.8. The monoisotopic (exact) mass is 643 g/mol. The standard InChI is InChI=1S/C34H35F2N7O4/c1-4-34(44)40-27-18-28(31(45-3)19-30(27)42-13-11-41(2)12-14-42)39-32-20-33(38-21-37-32)43-29(10-15-46-43)25-17-24(8-9-26(25)36)47-23-7-5-6-22(35)16-23/h4-9,16-21,29H,1,10-15H2,2-3H3,(H,40,44)(H,37,38,39). The van der Waals surface area contributed by atoms with Crippen molar-refractivity contribution in [3.63, 3.8) is 0 Å². The summed E-state index contributed by atoms with van der Waals surface area (Å²) in [5, 5.41) is 7.74. The van der Waals surface area contributed by atoms with Gasteiger partial charge >= 0.3 is 0 Å². The molecule has 2 N–H and O–H groups in total. The number of ether oxygens (including phenoxy) is 2. The van der Waals surface area contributed by atoms with Gasteiger partial charge in [0.25, 0.3) is 0 Å². The van der Waals surface area contributed by atoms with Gasteiger partial charge in [-0.1, -0.05) is 12.6 Å². The number of hydrogen-bond donors (Lipinski definition) is 2. The maximum Gasteiger partial charge on any atom is 0.247 e. The Morgan fingerprint density at radius 2 is 1.83 bits per heavy atom. The van der Waals surface area contributed by atoms with E-state index in [2.05, 4.69) is 44.0 Å². The van der Waals surface area contributed by atoms with Crippen molar-refractivity contribution in [2.75, 3.05) is 67.5 Å². The van der Waals surface area contributed by atoms with Crippen molar-refractivity contribution in [1.29, 1.82) is 0 Å². The highest BCUT2D eigenvalue weighted by Crippen LogP contribution is 2.41. The maximum absolute atomic E-state index is 15.2. The van der Waals surface area contributed by atoms with E-state index in [1.807, 2.05) is 6.07 Å². The first-order valence-electron chi connectivity index (χ1n) is 15.1. The SMILES string of the molecule is C=CC(=O)Nc1cc(Nc2cc(N3OCCC3c3cc(Oc4cccc(F)c4)ccc3F)ncn2)c(OC)cc1N1CCN(C)CC1. The molecule has 1 aromatic heterocycles. The highest BCUT2D eigenvalue weighted by Gasteiger charge is 2.32. The van der Waals surface area contributed by atoms with Crippen LogP contribution in [-0.2, 0) is 9.63 Å². The number of benzene rings is 3. The molecule has 1 unspecified atom stereocenters. The van der Waals surface area contributed by atoms with E-state index < -0.39 is 17.7 Å². The van der Waals surface area contributed by atoms with Gasteiger partial charge in [-0.3, -0.25) is 9.63 Å². The lowest BCUT2D eigenvalue weighted by Crippen LogP contribution is -2.44. The number of carbonyl (C=O) groups is 1. The molecule has 11 nitrogen and oxygen atoms in total. The predicted molar refractivity (Wildman–Crippen MR) is 176 cm³/mol. The number of hydroxylamine groups is 1. The van der Waals surface area contributed by atoms with Gasteiger partial charge in [-0.15, -0.1) is 0 Å². The minimum absolute atomic E-state index is 0.299. The lowest BCUT2D eigenvalue weighted by molar-refractivity contribution is -0.111. The van der Waals surface area contributed by atoms with Gasteiger partial charge in [0, 0.05) is 56.4 Å². The molecule has 244 valence electrons. The van der Waals surface area contributed by atoms with Crippen LogP contribution in [0.5, 0.6) is 17.2 Å². The van der Waals surface area contributed by atoms with Crippen LogP contribution in [0.2, 0.25) is 0 Å². The number of rotatable bonds is 10. The molecule has 3 aromatic carbocycles. The topological polar surface area (TPSA) is 104 Å². The van der Waals surface area contributed by atoms with Crippen LogP contribution < -0.4 is 30.1 Å². The molecule has 6 rings (SSSR count). The third kappa shape index (κ3) is 7.26. The Hall–Kier alpha value is -5.27. The van der Waals surface area contributed by atoms with Crippen LogP contribution in [0, 0.1) is 11.6 Å². The van der Waals surface area contributed by atoms with E-state index in [4.69, 9.17) is 14.3 Å². The number of aromatic nitrogens is 2. The quantitative estimate of drug-likeness (QED) is 0.198. The number of methoxy groups -OCH3 is 1. The predicted octanol–water partition coefficient (Wildman–Crippen LogP) is 6.06. The van der Waals surface area contributed by atoms with Crippen molar-refractivity contribution < 1.29 is 27.9 Å². The van der Waals surface area contributed by atoms with Crippen LogP contribution in [0.1, 0.15) is 18.0 Å². The number of likely N-dealkylation sites (N-methyl/N-ethyl adjacent to an activating group) is 1. The molecular formula is C34H35F2N7O4. The molecule has 0 bridgehead atoms. The fraction of sp³-hybridized carbons (Fsp3) is 0.265. The molecule has 2 aliphatic rings. The number of nitrogens with zero attached hydrogens (tertiary/aromatic N) is 5. The van der Waals surface area contributed by atoms with E-state index in [0.29, 0.717) is 58.9 Å². The molecule has 0 saturated carbocycles. The van der Waals surface area contributed by atoms with Crippen molar-refractivity contribution >= 4 is 34.6 Å². The number of amides is 1. The molecule has 0 spiro atoms. The number of piperazine rings is 1. The van der Waals surface area contributed by atoms with Crippen molar-refractivity contribution in [1.82, 2.24) is 14.9 Å². The van der Waals surface area contributed by atoms with Crippen LogP contribution in [0.25, 0.3) is 0 Å². The van der Waals surface area contributed by atoms with E-state index in [0.717, 1.165) is 31.9 Å². The molecule has 13 heteroatoms. The fourth-order valence-corrected chi connectivity index (χ4v) is 5.59. The number of anilines is 5. The third-order valence-electron chi connectivity index (χ3n) is 8.01. The highest BCUT2D eigenvalue weighted by molar-refractivity contribution is 6.02. The summed E-state index contributed by atoms with van der Waals surface area (Å²) in [6, 6.07) is 15.0. The molecule has 0 aliphatic carbocycles. The Morgan fingerprint density at radius 3 is 2.60 bits per heavy atom. The second kappa shape index (κ2) is 14.0. The van der Waals surface area contributed by atoms with Crippen LogP contribution >= 0.6 is 0 Å². The first kappa shape index (κ1) is 31.7. The summed E-state index contributed by atoms with van der Waals surface area (Å²) in [7, 11) is 3.65. The van der Waals surface area contributed by atoms with Crippen molar-refractivity contribution in [2.24, 2.45) is 0 Å². The number of hydrogen-bond acceptors (Lipinski definition) is 10. The molecule has 2 fully saturated rings. The van der Waals surface area contributed by atoms with Gasteiger partial charge in [-0.05, 0) is 49.5 Å². The van der Waals surface area contributed by atoms with Crippen molar-refractivity contribution in [2.45, 2.75) is 12.5 Å². The zero-order chi connectivity index (χ0) is 32.9. The summed E-state index contributed by atoms with van der Waals surface area (Å²) < 4.78 is 40.5. The molecule has 1 amide bonds. The number of nitrogens with one attached hydrogen (secondary N) is 2. The molecule has 47 heavy (non-hydrogen) atoms. The molecule has 0 radical (unpaired) electrons. The molecule has 4 aromatic rings. The number of halogens is 2. The van der Waals surface area contributed by atoms with Crippen LogP contribution in [0.15, 0.2) is 79.6 Å². The van der Waals surface area contributed by atoms with Gasteiger partial charge in [-0.25, -0.2) is 23.8 Å². The van der Waals surface area contributed by atoms with Gasteiger partial charge in [0.05, 0.1) is 36.8 Å². The summed E-state index contributed by atoms with van der Waals surface area (Å²) in [6.45, 7) is 7.27. The molecule has 2 saturated heterocycles. The van der Waals surface area contributed by atoms with Gasteiger partial charge in [-0.2, -0.15) is 0 Å². The van der Waals surface area contributed by atoms with E-state index in [1.54, 1.807) is 36.4 Å². The average Bonchev–Trinajstić information content (AvgIpc) is 3.56. The Balaban J connectivity index is 1.26. The Labute approximate surface area is 271 Å². The van der Waals surface area contributed by atoms with E-state index in [1.165, 1.54) is 42.7 Å². The highest BCUT2D eigenvalue weighted by atomic mass is 19.1. The summed E-state index contributed by atoms with van der Waals surface area (Å²) in [6.07, 6.45) is 3.09. The molecular weight excluding hydrogens is 608 g/mol. The van der Waals surface area contributed by atoms with Crippen LogP contribution in [0.3, 0.4) is 0 Å². The maximum atomic E-state index is 15.2. The molecule has 3 heterocycles. The lowest BCUT2D eigenvalue weighted by atomic mass is 10.0. The van der Waals surface area contributed by atoms with Gasteiger partial charge in [0.2, 0.25) is 5.91 Å². The van der Waals surface area contributed by atoms with Gasteiger partial charge < -0.3 is 29.9 Å². The van der Waals surface area contributed by atoms with Gasteiger partial charge in [0.1, 0.15) is 41.0 Å². The van der Waals surface area contributed by atoms with Crippen LogP contribution in [0.4, 0.5) is 37.5 Å². The number of carbonyl (C=O) groups excluding carboxylic acids is 1. The summed E-state index contributed by atoms with van der Waals surface area (Å²) in [5.74, 6) is 0.800. The minimum Gasteiger partial charge on any atom is -0.494 e. The minimum atomic E-state index is -0.521. The average molecular weight is 644 g/mol. The third-order valence-corrected chi connectivity index (χ3v) is 8.01. The normalized spacial score (nSPS) is 16.6. The summed E-state index contributed by atoms with van der Waals surface area (Å²) in [4.78, 5) is 31.5. The second-order valence-corrected chi connectivity index (χ2v) is 11.1. The molecule has 1 atom stereocenters. The smallest absolute Gasteiger partial charge is 0.247 e. The molecule has 2 aliphatic heterocycles. The summed E-state index contributed by atoms with van der Waals surface area (Å²) >= 11 is 0. The largest absolute Gasteiger partial charge is 0.494 e. The zero-order valence-electron chi connectivity index (χ0n) is 26.1. The van der Waals surface area contributed by atoms with E-state index in [9.17, 15) is 9.18 Å². The van der Waals surface area contributed by atoms with Crippen LogP contribution in [-0.4, -0.2) is 67.7 Å². The van der Waals surface area contributed by atoms with Gasteiger partial charge in [0.15, 0.2) is 5.82 Å². The Bertz CT molecular complexity index is 1770. The van der Waals surface area contributed by atoms with Crippen molar-refractivity contribution in [3.05, 3.63) is 96.8 Å². The van der Waals surface area contributed by atoms with E-state index >= 15 is 4.39 Å². The van der Waals surface area contributed by atoms with Crippen molar-refractivity contribution in [3.8, 4) is 17.2 Å². The first-order valence-corrected chi connectivity index (χ1v) is 15.1. The Kier molecular flexibility index (Phi) is 9.45. The Morgan fingerprint density at radius 1 is 1.02 bits per heavy atom. The zero-order valence-corrected chi connectivity index (χ0v) is 26.1.